The fourth-order valence-electron chi connectivity index (χ4n) is 2.74. The van der Waals surface area contributed by atoms with Crippen molar-refractivity contribution in [1.82, 2.24) is 15.6 Å². The van der Waals surface area contributed by atoms with Crippen LogP contribution in [0, 0.1) is 0 Å². The molecule has 1 aromatic carbocycles. The van der Waals surface area contributed by atoms with Crippen LogP contribution in [0.3, 0.4) is 0 Å². The molecule has 2 aromatic rings. The van der Waals surface area contributed by atoms with Gasteiger partial charge >= 0.3 is 0 Å². The molecule has 0 radical (unpaired) electrons. The summed E-state index contributed by atoms with van der Waals surface area (Å²) in [5.41, 5.74) is 2.13. The van der Waals surface area contributed by atoms with Gasteiger partial charge in [-0.1, -0.05) is 19.1 Å². The van der Waals surface area contributed by atoms with Crippen molar-refractivity contribution in [2.75, 3.05) is 33.9 Å². The van der Waals surface area contributed by atoms with Crippen LogP contribution in [0.1, 0.15) is 31.4 Å². The quantitative estimate of drug-likeness (QED) is 0.446. The maximum atomic E-state index is 5.71. The van der Waals surface area contributed by atoms with E-state index in [9.17, 15) is 0 Å². The van der Waals surface area contributed by atoms with Crippen LogP contribution in [0.25, 0.3) is 0 Å². The number of hydrogen-bond donors (Lipinski definition) is 2. The van der Waals surface area contributed by atoms with Crippen molar-refractivity contribution in [3.63, 3.8) is 0 Å². The van der Waals surface area contributed by atoms with Crippen molar-refractivity contribution < 1.29 is 14.2 Å². The Bertz CT molecular complexity index is 780. The topological polar surface area (TPSA) is 77.0 Å². The second kappa shape index (κ2) is 12.5. The van der Waals surface area contributed by atoms with Gasteiger partial charge < -0.3 is 24.8 Å². The molecule has 0 aliphatic carbocycles. The average Bonchev–Trinajstić information content (AvgIpc) is 2.76. The van der Waals surface area contributed by atoms with Gasteiger partial charge in [-0.3, -0.25) is 0 Å². The van der Waals surface area contributed by atoms with E-state index < -0.39 is 0 Å². The minimum Gasteiger partial charge on any atom is -0.493 e. The molecule has 0 saturated heterocycles. The molecule has 29 heavy (non-hydrogen) atoms. The molecule has 0 spiro atoms. The fraction of sp³-hybridized carbons (Fsp3) is 0.455. The number of benzene rings is 1. The zero-order valence-corrected chi connectivity index (χ0v) is 17.8. The summed E-state index contributed by atoms with van der Waals surface area (Å²) < 4.78 is 16.4. The molecule has 1 heterocycles. The normalized spacial score (nSPS) is 11.1. The number of aliphatic imine (C=N–C) groups is 1. The fourth-order valence-corrected chi connectivity index (χ4v) is 2.74. The Hall–Kier alpha value is -2.96. The third-order valence-corrected chi connectivity index (χ3v) is 4.20. The number of ether oxygens (including phenoxy) is 3. The minimum atomic E-state index is 0.499. The number of rotatable bonds is 11. The number of pyridine rings is 1. The first-order chi connectivity index (χ1) is 14.2. The number of nitrogens with zero attached hydrogens (tertiary/aromatic N) is 2. The molecule has 2 N–H and O–H groups in total. The van der Waals surface area contributed by atoms with Crippen LogP contribution in [-0.2, 0) is 13.0 Å². The van der Waals surface area contributed by atoms with Crippen molar-refractivity contribution in [1.29, 1.82) is 0 Å². The first-order valence-electron chi connectivity index (χ1n) is 10.0. The summed E-state index contributed by atoms with van der Waals surface area (Å²) in [7, 11) is 3.28. The van der Waals surface area contributed by atoms with Crippen LogP contribution in [0.2, 0.25) is 0 Å². The number of guanidine groups is 1. The Morgan fingerprint density at radius 2 is 1.90 bits per heavy atom. The summed E-state index contributed by atoms with van der Waals surface area (Å²) in [6.45, 7) is 6.80. The van der Waals surface area contributed by atoms with Crippen LogP contribution >= 0.6 is 0 Å². The number of aromatic nitrogens is 1. The van der Waals surface area contributed by atoms with Crippen LogP contribution in [0.4, 0.5) is 0 Å². The zero-order chi connectivity index (χ0) is 20.9. The van der Waals surface area contributed by atoms with E-state index in [1.807, 2.05) is 37.3 Å². The van der Waals surface area contributed by atoms with E-state index in [1.54, 1.807) is 20.4 Å². The highest BCUT2D eigenvalue weighted by Gasteiger charge is 2.06. The van der Waals surface area contributed by atoms with Gasteiger partial charge in [0.25, 0.3) is 0 Å². The first-order valence-corrected chi connectivity index (χ1v) is 10.0. The Morgan fingerprint density at radius 3 is 2.62 bits per heavy atom. The Labute approximate surface area is 173 Å². The molecule has 1 aromatic heterocycles. The standard InChI is InChI=1S/C22H32N4O3/c1-5-14-29-21-18(8-7-12-24-21)16-26-22(23-6-2)25-13-11-17-9-10-19(27-3)20(15-17)28-4/h7-10,12,15H,5-6,11,13-14,16H2,1-4H3,(H2,23,25,26). The van der Waals surface area contributed by atoms with Crippen LogP contribution in [-0.4, -0.2) is 44.9 Å². The molecule has 0 aliphatic rings. The van der Waals surface area contributed by atoms with Crippen molar-refractivity contribution in [2.24, 2.45) is 4.99 Å². The van der Waals surface area contributed by atoms with Crippen molar-refractivity contribution in [2.45, 2.75) is 33.2 Å². The second-order valence-corrected chi connectivity index (χ2v) is 6.38. The van der Waals surface area contributed by atoms with Gasteiger partial charge in [-0.15, -0.1) is 0 Å². The Kier molecular flexibility index (Phi) is 9.62. The van der Waals surface area contributed by atoms with Gasteiger partial charge in [-0.2, -0.15) is 0 Å². The molecule has 0 aliphatic heterocycles. The lowest BCUT2D eigenvalue weighted by molar-refractivity contribution is 0.302. The van der Waals surface area contributed by atoms with Crippen molar-refractivity contribution in [3.8, 4) is 17.4 Å². The lowest BCUT2D eigenvalue weighted by Crippen LogP contribution is -2.38. The Balaban J connectivity index is 1.96. The van der Waals surface area contributed by atoms with Crippen molar-refractivity contribution >= 4 is 5.96 Å². The molecular formula is C22H32N4O3. The van der Waals surface area contributed by atoms with E-state index in [2.05, 4.69) is 27.5 Å². The van der Waals surface area contributed by atoms with E-state index in [-0.39, 0.29) is 0 Å². The van der Waals surface area contributed by atoms with Gasteiger partial charge in [-0.25, -0.2) is 9.98 Å². The molecule has 2 rings (SSSR count). The predicted molar refractivity (Wildman–Crippen MR) is 116 cm³/mol. The maximum absolute atomic E-state index is 5.71. The SMILES string of the molecule is CCCOc1ncccc1CN=C(NCC)NCCc1ccc(OC)c(OC)c1. The molecule has 7 heteroatoms. The van der Waals surface area contributed by atoms with Gasteiger partial charge in [0.1, 0.15) is 0 Å². The first kappa shape index (κ1) is 22.3. The van der Waals surface area contributed by atoms with Crippen LogP contribution in [0.15, 0.2) is 41.5 Å². The molecule has 0 saturated carbocycles. The molecule has 0 atom stereocenters. The molecule has 7 nitrogen and oxygen atoms in total. The highest BCUT2D eigenvalue weighted by Crippen LogP contribution is 2.27. The molecular weight excluding hydrogens is 368 g/mol. The second-order valence-electron chi connectivity index (χ2n) is 6.38. The number of methoxy groups -OCH3 is 2. The summed E-state index contributed by atoms with van der Waals surface area (Å²) in [6, 6.07) is 9.86. The third kappa shape index (κ3) is 7.18. The lowest BCUT2D eigenvalue weighted by Gasteiger charge is -2.13. The minimum absolute atomic E-state index is 0.499. The summed E-state index contributed by atoms with van der Waals surface area (Å²) in [4.78, 5) is 8.99. The molecule has 0 amide bonds. The summed E-state index contributed by atoms with van der Waals surface area (Å²) in [6.07, 6.45) is 3.52. The average molecular weight is 401 g/mol. The Morgan fingerprint density at radius 1 is 1.07 bits per heavy atom. The van der Waals surface area contributed by atoms with Crippen molar-refractivity contribution in [3.05, 3.63) is 47.7 Å². The van der Waals surface area contributed by atoms with E-state index in [4.69, 9.17) is 14.2 Å². The van der Waals surface area contributed by atoms with E-state index >= 15 is 0 Å². The van der Waals surface area contributed by atoms with E-state index in [0.717, 1.165) is 54.5 Å². The number of nitrogens with one attached hydrogen (secondary N) is 2. The monoisotopic (exact) mass is 400 g/mol. The molecule has 0 bridgehead atoms. The molecule has 0 unspecified atom stereocenters. The predicted octanol–water partition coefficient (Wildman–Crippen LogP) is 3.19. The molecule has 158 valence electrons. The highest BCUT2D eigenvalue weighted by atomic mass is 16.5. The van der Waals surface area contributed by atoms with Crippen LogP contribution < -0.4 is 24.8 Å². The smallest absolute Gasteiger partial charge is 0.218 e. The molecule has 0 fully saturated rings. The number of hydrogen-bond acceptors (Lipinski definition) is 5. The van der Waals surface area contributed by atoms with E-state index in [0.29, 0.717) is 19.0 Å². The zero-order valence-electron chi connectivity index (χ0n) is 17.8. The third-order valence-electron chi connectivity index (χ3n) is 4.20. The van der Waals surface area contributed by atoms with Gasteiger partial charge in [0.2, 0.25) is 5.88 Å². The van der Waals surface area contributed by atoms with Gasteiger partial charge in [0.15, 0.2) is 17.5 Å². The lowest BCUT2D eigenvalue weighted by atomic mass is 10.1. The summed E-state index contributed by atoms with van der Waals surface area (Å²) in [5.74, 6) is 2.89. The van der Waals surface area contributed by atoms with Gasteiger partial charge in [-0.05, 0) is 43.5 Å². The van der Waals surface area contributed by atoms with Gasteiger partial charge in [0.05, 0.1) is 27.4 Å². The highest BCUT2D eigenvalue weighted by molar-refractivity contribution is 5.79. The maximum Gasteiger partial charge on any atom is 0.218 e. The van der Waals surface area contributed by atoms with Crippen LogP contribution in [0.5, 0.6) is 17.4 Å². The summed E-state index contributed by atoms with van der Waals surface area (Å²) >= 11 is 0. The van der Waals surface area contributed by atoms with E-state index in [1.165, 1.54) is 0 Å². The summed E-state index contributed by atoms with van der Waals surface area (Å²) in [5, 5.41) is 6.65. The van der Waals surface area contributed by atoms with Gasteiger partial charge in [0, 0.05) is 24.8 Å². The largest absolute Gasteiger partial charge is 0.493 e.